The summed E-state index contributed by atoms with van der Waals surface area (Å²) in [6, 6.07) is 7.09. The van der Waals surface area contributed by atoms with E-state index in [4.69, 9.17) is 15.3 Å². The van der Waals surface area contributed by atoms with Crippen molar-refractivity contribution in [3.8, 4) is 17.9 Å². The summed E-state index contributed by atoms with van der Waals surface area (Å²) in [4.78, 5) is 0. The van der Waals surface area contributed by atoms with Crippen LogP contribution in [0.4, 0.5) is 4.39 Å². The number of nitriles is 2. The Morgan fingerprint density at radius 2 is 2.15 bits per heavy atom. The number of rotatable bonds is 2. The molecule has 0 atom stereocenters. The Morgan fingerprint density at radius 1 is 1.38 bits per heavy atom. The number of halogens is 1. The molecule has 0 saturated carbocycles. The molecule has 0 unspecified atom stereocenters. The van der Waals surface area contributed by atoms with Crippen LogP contribution in [0.25, 0.3) is 0 Å². The number of benzene rings is 1. The summed E-state index contributed by atoms with van der Waals surface area (Å²) in [5.74, 6) is -0.272. The summed E-state index contributed by atoms with van der Waals surface area (Å²) in [5.41, 5.74) is 0.0928. The highest BCUT2D eigenvalue weighted by Gasteiger charge is 2.03. The highest BCUT2D eigenvalue weighted by Crippen LogP contribution is 2.18. The molecule has 0 aromatic heterocycles. The van der Waals surface area contributed by atoms with E-state index in [1.165, 1.54) is 12.1 Å². The fourth-order valence-corrected chi connectivity index (χ4v) is 0.825. The van der Waals surface area contributed by atoms with Gasteiger partial charge < -0.3 is 4.74 Å². The van der Waals surface area contributed by atoms with Gasteiger partial charge in [-0.25, -0.2) is 4.39 Å². The largest absolute Gasteiger partial charge is 0.477 e. The highest BCUT2D eigenvalue weighted by atomic mass is 19.1. The molecular formula is C9H5FN2O. The molecule has 0 bridgehead atoms. The van der Waals surface area contributed by atoms with Crippen molar-refractivity contribution in [2.75, 3.05) is 6.61 Å². The molecule has 64 valence electrons. The van der Waals surface area contributed by atoms with Gasteiger partial charge in [0.15, 0.2) is 6.61 Å². The number of ether oxygens (including phenoxy) is 1. The van der Waals surface area contributed by atoms with Gasteiger partial charge >= 0.3 is 0 Å². The van der Waals surface area contributed by atoms with Crippen LogP contribution >= 0.6 is 0 Å². The molecule has 0 N–H and O–H groups in total. The van der Waals surface area contributed by atoms with E-state index in [2.05, 4.69) is 0 Å². The van der Waals surface area contributed by atoms with E-state index in [0.29, 0.717) is 0 Å². The second-order valence-corrected chi connectivity index (χ2v) is 2.20. The van der Waals surface area contributed by atoms with Crippen LogP contribution in [0.3, 0.4) is 0 Å². The molecule has 3 nitrogen and oxygen atoms in total. The molecule has 0 amide bonds. The van der Waals surface area contributed by atoms with Gasteiger partial charge in [-0.15, -0.1) is 0 Å². The molecule has 0 radical (unpaired) electrons. The standard InChI is InChI=1S/C9H5FN2O/c10-8-1-2-9(13-4-3-11)7(5-8)6-12/h1-2,5H,4H2. The Morgan fingerprint density at radius 3 is 2.77 bits per heavy atom. The third kappa shape index (κ3) is 2.18. The number of nitrogens with zero attached hydrogens (tertiary/aromatic N) is 2. The van der Waals surface area contributed by atoms with Gasteiger partial charge in [0, 0.05) is 0 Å². The van der Waals surface area contributed by atoms with Crippen molar-refractivity contribution < 1.29 is 9.13 Å². The van der Waals surface area contributed by atoms with Crippen LogP contribution in [0.5, 0.6) is 5.75 Å². The van der Waals surface area contributed by atoms with E-state index in [0.717, 1.165) is 6.07 Å². The first-order valence-corrected chi connectivity index (χ1v) is 3.47. The summed E-state index contributed by atoms with van der Waals surface area (Å²) in [5, 5.41) is 16.8. The van der Waals surface area contributed by atoms with E-state index in [9.17, 15) is 4.39 Å². The fraction of sp³-hybridized carbons (Fsp3) is 0.111. The van der Waals surface area contributed by atoms with E-state index in [1.807, 2.05) is 0 Å². The Hall–Kier alpha value is -2.07. The van der Waals surface area contributed by atoms with E-state index in [-0.39, 0.29) is 17.9 Å². The quantitative estimate of drug-likeness (QED) is 0.687. The van der Waals surface area contributed by atoms with Gasteiger partial charge in [0.2, 0.25) is 0 Å². The van der Waals surface area contributed by atoms with Crippen LogP contribution in [0.2, 0.25) is 0 Å². The SMILES string of the molecule is N#CCOc1ccc(F)cc1C#N. The van der Waals surface area contributed by atoms with Crippen molar-refractivity contribution in [2.45, 2.75) is 0 Å². The number of hydrogen-bond donors (Lipinski definition) is 0. The van der Waals surface area contributed by atoms with Gasteiger partial charge in [0.25, 0.3) is 0 Å². The van der Waals surface area contributed by atoms with Crippen LogP contribution < -0.4 is 4.74 Å². The van der Waals surface area contributed by atoms with E-state index < -0.39 is 5.82 Å². The molecule has 1 aromatic rings. The monoisotopic (exact) mass is 176 g/mol. The van der Waals surface area contributed by atoms with Gasteiger partial charge in [-0.2, -0.15) is 10.5 Å². The maximum Gasteiger partial charge on any atom is 0.174 e. The molecule has 0 fully saturated rings. The normalized spacial score (nSPS) is 8.54. The first kappa shape index (κ1) is 9.02. The maximum absolute atomic E-state index is 12.6. The third-order valence-corrected chi connectivity index (χ3v) is 1.35. The lowest BCUT2D eigenvalue weighted by atomic mass is 10.2. The molecule has 0 spiro atoms. The third-order valence-electron chi connectivity index (χ3n) is 1.35. The second-order valence-electron chi connectivity index (χ2n) is 2.20. The van der Waals surface area contributed by atoms with E-state index >= 15 is 0 Å². The molecule has 0 aliphatic carbocycles. The van der Waals surface area contributed by atoms with Gasteiger partial charge in [-0.3, -0.25) is 0 Å². The highest BCUT2D eigenvalue weighted by molar-refractivity contribution is 5.43. The van der Waals surface area contributed by atoms with E-state index in [1.54, 1.807) is 12.1 Å². The van der Waals surface area contributed by atoms with Crippen LogP contribution in [-0.2, 0) is 0 Å². The lowest BCUT2D eigenvalue weighted by Crippen LogP contribution is -1.96. The van der Waals surface area contributed by atoms with Crippen LogP contribution in [0.15, 0.2) is 18.2 Å². The van der Waals surface area contributed by atoms with Gasteiger partial charge in [0.05, 0.1) is 5.56 Å². The predicted octanol–water partition coefficient (Wildman–Crippen LogP) is 1.60. The van der Waals surface area contributed by atoms with Crippen molar-refractivity contribution >= 4 is 0 Å². The van der Waals surface area contributed by atoms with Crippen LogP contribution in [-0.4, -0.2) is 6.61 Å². The van der Waals surface area contributed by atoms with Crippen molar-refractivity contribution in [1.82, 2.24) is 0 Å². The minimum Gasteiger partial charge on any atom is -0.477 e. The Bertz CT molecular complexity index is 390. The summed E-state index contributed by atoms with van der Waals surface area (Å²) in [6.45, 7) is -0.152. The molecule has 4 heteroatoms. The van der Waals surface area contributed by atoms with Crippen LogP contribution in [0, 0.1) is 28.5 Å². The predicted molar refractivity (Wildman–Crippen MR) is 42.2 cm³/mol. The van der Waals surface area contributed by atoms with Crippen molar-refractivity contribution in [2.24, 2.45) is 0 Å². The zero-order valence-corrected chi connectivity index (χ0v) is 6.62. The molecule has 0 aliphatic heterocycles. The molecule has 0 heterocycles. The summed E-state index contributed by atoms with van der Waals surface area (Å²) < 4.78 is 17.5. The number of hydrogen-bond acceptors (Lipinski definition) is 3. The van der Waals surface area contributed by atoms with Gasteiger partial charge in [-0.1, -0.05) is 0 Å². The lowest BCUT2D eigenvalue weighted by Gasteiger charge is -2.02. The average molecular weight is 176 g/mol. The maximum atomic E-state index is 12.6. The summed E-state index contributed by atoms with van der Waals surface area (Å²) >= 11 is 0. The molecule has 1 aromatic carbocycles. The molecule has 1 rings (SSSR count). The fourth-order valence-electron chi connectivity index (χ4n) is 0.825. The average Bonchev–Trinajstić information content (AvgIpc) is 2.16. The Balaban J connectivity index is 2.96. The smallest absolute Gasteiger partial charge is 0.174 e. The second kappa shape index (κ2) is 4.08. The van der Waals surface area contributed by atoms with Crippen molar-refractivity contribution in [3.63, 3.8) is 0 Å². The van der Waals surface area contributed by atoms with Gasteiger partial charge in [0.1, 0.15) is 23.7 Å². The zero-order chi connectivity index (χ0) is 9.68. The Labute approximate surface area is 74.6 Å². The van der Waals surface area contributed by atoms with Crippen molar-refractivity contribution in [1.29, 1.82) is 10.5 Å². The van der Waals surface area contributed by atoms with Gasteiger partial charge in [-0.05, 0) is 18.2 Å². The molecular weight excluding hydrogens is 171 g/mol. The molecule has 0 aliphatic rings. The minimum absolute atomic E-state index is 0.0928. The first-order chi connectivity index (χ1) is 6.27. The molecule has 13 heavy (non-hydrogen) atoms. The summed E-state index contributed by atoms with van der Waals surface area (Å²) in [7, 11) is 0. The summed E-state index contributed by atoms with van der Waals surface area (Å²) in [6.07, 6.45) is 0. The first-order valence-electron chi connectivity index (χ1n) is 3.47. The molecule has 0 saturated heterocycles. The topological polar surface area (TPSA) is 56.8 Å². The Kier molecular flexibility index (Phi) is 2.83. The van der Waals surface area contributed by atoms with Crippen molar-refractivity contribution in [3.05, 3.63) is 29.6 Å². The lowest BCUT2D eigenvalue weighted by molar-refractivity contribution is 0.366. The zero-order valence-electron chi connectivity index (χ0n) is 6.62. The van der Waals surface area contributed by atoms with Crippen LogP contribution in [0.1, 0.15) is 5.56 Å². The minimum atomic E-state index is -0.499.